The normalized spacial score (nSPS) is 12.8. The number of hydrogen-bond acceptors (Lipinski definition) is 1. The molecule has 0 aliphatic carbocycles. The summed E-state index contributed by atoms with van der Waals surface area (Å²) < 4.78 is 29.5. The molecule has 1 N–H and O–H groups in total. The number of rotatable bonds is 7. The van der Waals surface area contributed by atoms with Gasteiger partial charge < -0.3 is 0 Å². The van der Waals surface area contributed by atoms with E-state index in [9.17, 15) is 8.96 Å². The Morgan fingerprint density at radius 3 is 1.80 bits per heavy atom. The fraction of sp³-hybridized carbons (Fsp3) is 0.160. The molecule has 2 nitrogen and oxygen atoms in total. The molecule has 0 spiro atoms. The summed E-state index contributed by atoms with van der Waals surface area (Å²) in [5, 5.41) is 5.63. The SMILES string of the molecule is C=C=C(C(NP(=O)(c1ccccc1)c1ccccc1)c1ccccc1F)[Si](C)(C)C. The van der Waals surface area contributed by atoms with E-state index < -0.39 is 21.4 Å². The minimum absolute atomic E-state index is 0.339. The molecule has 0 heterocycles. The molecule has 3 rings (SSSR count). The van der Waals surface area contributed by atoms with Gasteiger partial charge in [-0.05, 0) is 35.5 Å². The minimum Gasteiger partial charge on any atom is -0.296 e. The maximum atomic E-state index is 14.9. The van der Waals surface area contributed by atoms with E-state index in [2.05, 4.69) is 37.0 Å². The third-order valence-electron chi connectivity index (χ3n) is 5.05. The van der Waals surface area contributed by atoms with Crippen LogP contribution < -0.4 is 15.7 Å². The highest BCUT2D eigenvalue weighted by atomic mass is 31.2. The average molecular weight is 436 g/mol. The Morgan fingerprint density at radius 2 is 1.37 bits per heavy atom. The molecular weight excluding hydrogens is 408 g/mol. The van der Waals surface area contributed by atoms with E-state index in [0.29, 0.717) is 16.2 Å². The van der Waals surface area contributed by atoms with Gasteiger partial charge in [0.25, 0.3) is 0 Å². The predicted molar refractivity (Wildman–Crippen MR) is 128 cm³/mol. The molecular formula is C25H27FNOPSi. The Hall–Kier alpha value is -2.48. The number of hydrogen-bond donors (Lipinski definition) is 1. The Bertz CT molecular complexity index is 1060. The quantitative estimate of drug-likeness (QED) is 0.281. The molecule has 0 aromatic heterocycles. The molecule has 0 saturated heterocycles. The molecule has 3 aromatic rings. The van der Waals surface area contributed by atoms with E-state index in [-0.39, 0.29) is 5.82 Å². The highest BCUT2D eigenvalue weighted by molar-refractivity contribution is 7.76. The highest BCUT2D eigenvalue weighted by Gasteiger charge is 2.36. The Morgan fingerprint density at radius 1 is 0.900 bits per heavy atom. The lowest BCUT2D eigenvalue weighted by atomic mass is 10.1. The van der Waals surface area contributed by atoms with Gasteiger partial charge in [-0.2, -0.15) is 0 Å². The summed E-state index contributed by atoms with van der Waals surface area (Å²) in [7, 11) is -5.25. The van der Waals surface area contributed by atoms with Crippen molar-refractivity contribution in [3.05, 3.63) is 114 Å². The van der Waals surface area contributed by atoms with Crippen LogP contribution in [0.25, 0.3) is 0 Å². The zero-order valence-corrected chi connectivity index (χ0v) is 19.5. The highest BCUT2D eigenvalue weighted by Crippen LogP contribution is 2.44. The van der Waals surface area contributed by atoms with Crippen molar-refractivity contribution in [2.24, 2.45) is 0 Å². The first-order chi connectivity index (χ1) is 14.3. The van der Waals surface area contributed by atoms with Gasteiger partial charge in [-0.1, -0.05) is 80.8 Å². The molecule has 0 aliphatic rings. The molecule has 0 aliphatic heterocycles. The standard InChI is InChI=1S/C25H27FNOPSi/c1-5-24(30(2,3)4)25(22-18-12-13-19-23(22)26)27-29(28,20-14-8-6-9-15-20)21-16-10-7-11-17-21/h6-19,25H,1H2,2-4H3,(H,27,28). The first-order valence-electron chi connectivity index (χ1n) is 9.91. The maximum Gasteiger partial charge on any atom is 0.205 e. The average Bonchev–Trinajstić information content (AvgIpc) is 2.74. The van der Waals surface area contributed by atoms with Crippen molar-refractivity contribution >= 4 is 26.0 Å². The number of benzene rings is 3. The van der Waals surface area contributed by atoms with Crippen LogP contribution in [-0.2, 0) is 4.57 Å². The first kappa shape index (κ1) is 22.2. The fourth-order valence-electron chi connectivity index (χ4n) is 3.55. The van der Waals surface area contributed by atoms with Crippen LogP contribution in [0.1, 0.15) is 11.6 Å². The van der Waals surface area contributed by atoms with E-state index in [1.807, 2.05) is 60.7 Å². The topological polar surface area (TPSA) is 29.1 Å². The van der Waals surface area contributed by atoms with E-state index >= 15 is 0 Å². The van der Waals surface area contributed by atoms with Crippen LogP contribution in [0, 0.1) is 5.82 Å². The van der Waals surface area contributed by atoms with Gasteiger partial charge in [0.1, 0.15) is 5.82 Å². The van der Waals surface area contributed by atoms with Crippen LogP contribution in [-0.4, -0.2) is 8.07 Å². The van der Waals surface area contributed by atoms with Crippen molar-refractivity contribution in [3.63, 3.8) is 0 Å². The summed E-state index contributed by atoms with van der Waals surface area (Å²) in [5.74, 6) is -0.339. The molecule has 30 heavy (non-hydrogen) atoms. The van der Waals surface area contributed by atoms with Gasteiger partial charge in [-0.15, -0.1) is 5.73 Å². The van der Waals surface area contributed by atoms with Crippen LogP contribution in [0.4, 0.5) is 4.39 Å². The molecule has 3 aromatic carbocycles. The molecule has 0 amide bonds. The molecule has 0 saturated carbocycles. The molecule has 0 fully saturated rings. The Labute approximate surface area is 179 Å². The largest absolute Gasteiger partial charge is 0.296 e. The zero-order chi connectivity index (χ0) is 21.8. The van der Waals surface area contributed by atoms with E-state index in [1.54, 1.807) is 18.2 Å². The van der Waals surface area contributed by atoms with Crippen LogP contribution in [0.15, 0.2) is 102 Å². The molecule has 1 unspecified atom stereocenters. The summed E-state index contributed by atoms with van der Waals surface area (Å²) in [6, 6.07) is 24.7. The second-order valence-corrected chi connectivity index (χ2v) is 15.8. The van der Waals surface area contributed by atoms with Gasteiger partial charge in [0.2, 0.25) is 7.29 Å². The fourth-order valence-corrected chi connectivity index (χ4v) is 7.71. The van der Waals surface area contributed by atoms with Crippen molar-refractivity contribution in [3.8, 4) is 0 Å². The molecule has 5 heteroatoms. The summed E-state index contributed by atoms with van der Waals surface area (Å²) in [6.45, 7) is 10.4. The van der Waals surface area contributed by atoms with Crippen LogP contribution in [0.2, 0.25) is 19.6 Å². The van der Waals surface area contributed by atoms with Crippen LogP contribution in [0.5, 0.6) is 0 Å². The Balaban J connectivity index is 2.23. The third-order valence-corrected chi connectivity index (χ3v) is 9.81. The van der Waals surface area contributed by atoms with E-state index in [4.69, 9.17) is 0 Å². The predicted octanol–water partition coefficient (Wildman–Crippen LogP) is 5.97. The Kier molecular flexibility index (Phi) is 6.75. The lowest BCUT2D eigenvalue weighted by molar-refractivity contribution is 0.562. The maximum absolute atomic E-state index is 14.9. The molecule has 1 atom stereocenters. The summed E-state index contributed by atoms with van der Waals surface area (Å²) in [4.78, 5) is 0. The van der Waals surface area contributed by atoms with Crippen molar-refractivity contribution in [1.29, 1.82) is 0 Å². The lowest BCUT2D eigenvalue weighted by Gasteiger charge is -2.33. The van der Waals surface area contributed by atoms with Gasteiger partial charge >= 0.3 is 0 Å². The lowest BCUT2D eigenvalue weighted by Crippen LogP contribution is -2.38. The van der Waals surface area contributed by atoms with E-state index in [0.717, 1.165) is 5.20 Å². The van der Waals surface area contributed by atoms with Crippen LogP contribution >= 0.6 is 7.29 Å². The second kappa shape index (κ2) is 9.12. The second-order valence-electron chi connectivity index (χ2n) is 8.20. The van der Waals surface area contributed by atoms with Gasteiger partial charge in [0.15, 0.2) is 0 Å². The van der Waals surface area contributed by atoms with E-state index in [1.165, 1.54) is 6.07 Å². The summed E-state index contributed by atoms with van der Waals surface area (Å²) in [6.07, 6.45) is 0. The number of halogens is 1. The van der Waals surface area contributed by atoms with Gasteiger partial charge in [0.05, 0.1) is 14.1 Å². The van der Waals surface area contributed by atoms with Crippen molar-refractivity contribution in [1.82, 2.24) is 5.09 Å². The van der Waals surface area contributed by atoms with Crippen molar-refractivity contribution < 1.29 is 8.96 Å². The van der Waals surface area contributed by atoms with Crippen molar-refractivity contribution in [2.45, 2.75) is 25.7 Å². The number of nitrogens with one attached hydrogen (secondary N) is 1. The smallest absolute Gasteiger partial charge is 0.205 e. The van der Waals surface area contributed by atoms with Gasteiger partial charge in [0, 0.05) is 16.2 Å². The summed E-state index contributed by atoms with van der Waals surface area (Å²) in [5.41, 5.74) is 3.53. The molecule has 0 bridgehead atoms. The van der Waals surface area contributed by atoms with Gasteiger partial charge in [-0.25, -0.2) is 9.48 Å². The summed E-state index contributed by atoms with van der Waals surface area (Å²) >= 11 is 0. The van der Waals surface area contributed by atoms with Crippen LogP contribution in [0.3, 0.4) is 0 Å². The monoisotopic (exact) mass is 435 g/mol. The molecule has 0 radical (unpaired) electrons. The first-order valence-corrected chi connectivity index (χ1v) is 15.1. The van der Waals surface area contributed by atoms with Gasteiger partial charge in [-0.3, -0.25) is 4.57 Å². The minimum atomic E-state index is -3.29. The zero-order valence-electron chi connectivity index (χ0n) is 17.6. The third kappa shape index (κ3) is 4.64. The van der Waals surface area contributed by atoms with Crippen molar-refractivity contribution in [2.75, 3.05) is 0 Å². The molecule has 154 valence electrons.